The quantitative estimate of drug-likeness (QED) is 0.731. The molecule has 3 rings (SSSR count). The monoisotopic (exact) mass is 259 g/mol. The van der Waals surface area contributed by atoms with Crippen LogP contribution in [0.5, 0.6) is 5.75 Å². The number of hydrogen-bond donors (Lipinski definition) is 1. The lowest BCUT2D eigenvalue weighted by Gasteiger charge is -2.04. The molecule has 90 valence electrons. The van der Waals surface area contributed by atoms with Gasteiger partial charge >= 0.3 is 0 Å². The van der Waals surface area contributed by atoms with E-state index in [0.717, 1.165) is 11.2 Å². The number of halogens is 1. The molecule has 0 saturated carbocycles. The minimum Gasteiger partial charge on any atom is -0.507 e. The van der Waals surface area contributed by atoms with Crippen LogP contribution in [-0.4, -0.2) is 19.6 Å². The van der Waals surface area contributed by atoms with E-state index in [2.05, 4.69) is 9.97 Å². The van der Waals surface area contributed by atoms with Gasteiger partial charge in [0.1, 0.15) is 17.1 Å². The number of phenols is 1. The summed E-state index contributed by atoms with van der Waals surface area (Å²) >= 11 is 5.82. The van der Waals surface area contributed by atoms with Crippen LogP contribution in [0.1, 0.15) is 0 Å². The van der Waals surface area contributed by atoms with Crippen molar-refractivity contribution in [2.75, 3.05) is 0 Å². The fourth-order valence-corrected chi connectivity index (χ4v) is 2.12. The van der Waals surface area contributed by atoms with E-state index in [1.165, 1.54) is 6.07 Å². The molecule has 0 atom stereocenters. The fraction of sp³-hybridized carbons (Fsp3) is 0.0769. The number of aryl methyl sites for hydroxylation is 1. The first-order valence-electron chi connectivity index (χ1n) is 5.43. The molecule has 5 heteroatoms. The van der Waals surface area contributed by atoms with Crippen molar-refractivity contribution in [3.8, 4) is 17.1 Å². The average molecular weight is 260 g/mol. The van der Waals surface area contributed by atoms with Gasteiger partial charge in [0, 0.05) is 18.3 Å². The predicted octanol–water partition coefficient (Wildman–Crippen LogP) is 2.99. The van der Waals surface area contributed by atoms with Gasteiger partial charge in [-0.3, -0.25) is 0 Å². The van der Waals surface area contributed by atoms with E-state index in [1.807, 2.05) is 23.7 Å². The van der Waals surface area contributed by atoms with E-state index in [9.17, 15) is 5.11 Å². The Kier molecular flexibility index (Phi) is 2.45. The number of imidazole rings is 1. The molecule has 0 amide bonds. The number of pyridine rings is 1. The van der Waals surface area contributed by atoms with Crippen LogP contribution in [0, 0.1) is 0 Å². The average Bonchev–Trinajstić information content (AvgIpc) is 2.68. The SMILES string of the molecule is Cn1c(-c2ccc(Cl)cc2O)nc2cccnc21. The van der Waals surface area contributed by atoms with E-state index >= 15 is 0 Å². The summed E-state index contributed by atoms with van der Waals surface area (Å²) in [5.41, 5.74) is 2.21. The van der Waals surface area contributed by atoms with Gasteiger partial charge in [0.05, 0.1) is 5.56 Å². The van der Waals surface area contributed by atoms with Gasteiger partial charge in [-0.1, -0.05) is 11.6 Å². The van der Waals surface area contributed by atoms with Crippen LogP contribution in [-0.2, 0) is 7.05 Å². The number of phenolic OH excluding ortho intramolecular Hbond substituents is 1. The number of hydrogen-bond acceptors (Lipinski definition) is 3. The van der Waals surface area contributed by atoms with Gasteiger partial charge in [0.25, 0.3) is 0 Å². The molecule has 0 fully saturated rings. The molecule has 0 bridgehead atoms. The first-order valence-corrected chi connectivity index (χ1v) is 5.81. The Bertz CT molecular complexity index is 736. The number of aromatic nitrogens is 3. The van der Waals surface area contributed by atoms with E-state index in [1.54, 1.807) is 18.3 Å². The Morgan fingerprint density at radius 3 is 2.83 bits per heavy atom. The van der Waals surface area contributed by atoms with Crippen LogP contribution in [0.15, 0.2) is 36.5 Å². The number of rotatable bonds is 1. The third-order valence-corrected chi connectivity index (χ3v) is 3.06. The topological polar surface area (TPSA) is 50.9 Å². The first-order chi connectivity index (χ1) is 8.66. The summed E-state index contributed by atoms with van der Waals surface area (Å²) in [6.45, 7) is 0. The van der Waals surface area contributed by atoms with Crippen LogP contribution in [0.25, 0.3) is 22.6 Å². The van der Waals surface area contributed by atoms with Gasteiger partial charge in [0.15, 0.2) is 5.65 Å². The van der Waals surface area contributed by atoms with Crippen molar-refractivity contribution < 1.29 is 5.11 Å². The normalized spacial score (nSPS) is 11.0. The van der Waals surface area contributed by atoms with Crippen molar-refractivity contribution in [2.45, 2.75) is 0 Å². The van der Waals surface area contributed by atoms with E-state index < -0.39 is 0 Å². The standard InChI is InChI=1S/C13H10ClN3O/c1-17-12(9-5-4-8(14)7-11(9)18)16-10-3-2-6-15-13(10)17/h2-7,18H,1H3. The number of fused-ring (bicyclic) bond motifs is 1. The summed E-state index contributed by atoms with van der Waals surface area (Å²) in [6, 6.07) is 8.70. The maximum atomic E-state index is 9.94. The lowest BCUT2D eigenvalue weighted by molar-refractivity contribution is 0.476. The highest BCUT2D eigenvalue weighted by Crippen LogP contribution is 2.31. The Morgan fingerprint density at radius 2 is 2.11 bits per heavy atom. The third kappa shape index (κ3) is 1.62. The zero-order valence-corrected chi connectivity index (χ0v) is 10.4. The van der Waals surface area contributed by atoms with E-state index in [0.29, 0.717) is 16.4 Å². The van der Waals surface area contributed by atoms with E-state index in [-0.39, 0.29) is 5.75 Å². The predicted molar refractivity (Wildman–Crippen MR) is 70.6 cm³/mol. The van der Waals surface area contributed by atoms with Gasteiger partial charge in [-0.05, 0) is 30.3 Å². The molecular formula is C13H10ClN3O. The Balaban J connectivity index is 2.28. The molecule has 2 aromatic heterocycles. The molecule has 4 nitrogen and oxygen atoms in total. The van der Waals surface area contributed by atoms with Gasteiger partial charge in [-0.2, -0.15) is 0 Å². The van der Waals surface area contributed by atoms with Crippen molar-refractivity contribution in [2.24, 2.45) is 7.05 Å². The number of aromatic hydroxyl groups is 1. The van der Waals surface area contributed by atoms with Gasteiger partial charge in [-0.15, -0.1) is 0 Å². The van der Waals surface area contributed by atoms with Gasteiger partial charge in [-0.25, -0.2) is 9.97 Å². The minimum absolute atomic E-state index is 0.112. The summed E-state index contributed by atoms with van der Waals surface area (Å²) in [6.07, 6.45) is 1.72. The maximum absolute atomic E-state index is 9.94. The molecular weight excluding hydrogens is 250 g/mol. The van der Waals surface area contributed by atoms with E-state index in [4.69, 9.17) is 11.6 Å². The minimum atomic E-state index is 0.112. The molecule has 3 aromatic rings. The lowest BCUT2D eigenvalue weighted by Crippen LogP contribution is -1.93. The van der Waals surface area contributed by atoms with Crippen molar-refractivity contribution in [1.82, 2.24) is 14.5 Å². The molecule has 0 unspecified atom stereocenters. The van der Waals surface area contributed by atoms with Crippen molar-refractivity contribution in [1.29, 1.82) is 0 Å². The molecule has 18 heavy (non-hydrogen) atoms. The highest BCUT2D eigenvalue weighted by Gasteiger charge is 2.13. The molecule has 0 saturated heterocycles. The van der Waals surface area contributed by atoms with Crippen LogP contribution >= 0.6 is 11.6 Å². The molecule has 0 aliphatic carbocycles. The summed E-state index contributed by atoms with van der Waals surface area (Å²) < 4.78 is 1.85. The fourth-order valence-electron chi connectivity index (χ4n) is 1.96. The highest BCUT2D eigenvalue weighted by molar-refractivity contribution is 6.30. The van der Waals surface area contributed by atoms with Crippen LogP contribution < -0.4 is 0 Å². The zero-order chi connectivity index (χ0) is 12.7. The summed E-state index contributed by atoms with van der Waals surface area (Å²) in [5.74, 6) is 0.777. The molecule has 0 radical (unpaired) electrons. The Labute approximate surface area is 108 Å². The second-order valence-electron chi connectivity index (χ2n) is 4.00. The molecule has 0 spiro atoms. The largest absolute Gasteiger partial charge is 0.507 e. The first kappa shape index (κ1) is 11.0. The highest BCUT2D eigenvalue weighted by atomic mass is 35.5. The van der Waals surface area contributed by atoms with Crippen LogP contribution in [0.3, 0.4) is 0 Å². The molecule has 2 heterocycles. The molecule has 0 aliphatic heterocycles. The lowest BCUT2D eigenvalue weighted by atomic mass is 10.2. The summed E-state index contributed by atoms with van der Waals surface area (Å²) in [5, 5.41) is 10.4. The van der Waals surface area contributed by atoms with Crippen LogP contribution in [0.2, 0.25) is 5.02 Å². The number of nitrogens with zero attached hydrogens (tertiary/aromatic N) is 3. The van der Waals surface area contributed by atoms with Crippen LogP contribution in [0.4, 0.5) is 0 Å². The second-order valence-corrected chi connectivity index (χ2v) is 4.44. The summed E-state index contributed by atoms with van der Waals surface area (Å²) in [7, 11) is 1.87. The zero-order valence-electron chi connectivity index (χ0n) is 9.63. The summed E-state index contributed by atoms with van der Waals surface area (Å²) in [4.78, 5) is 8.74. The van der Waals surface area contributed by atoms with Gasteiger partial charge in [0.2, 0.25) is 0 Å². The third-order valence-electron chi connectivity index (χ3n) is 2.83. The second kappa shape index (κ2) is 3.99. The molecule has 0 aliphatic rings. The Hall–Kier alpha value is -2.07. The van der Waals surface area contributed by atoms with Gasteiger partial charge < -0.3 is 9.67 Å². The van der Waals surface area contributed by atoms with Crippen molar-refractivity contribution >= 4 is 22.8 Å². The van der Waals surface area contributed by atoms with Crippen molar-refractivity contribution in [3.63, 3.8) is 0 Å². The van der Waals surface area contributed by atoms with Crippen molar-refractivity contribution in [3.05, 3.63) is 41.6 Å². The Morgan fingerprint density at radius 1 is 1.28 bits per heavy atom. The number of benzene rings is 1. The molecule has 1 aromatic carbocycles. The maximum Gasteiger partial charge on any atom is 0.160 e. The smallest absolute Gasteiger partial charge is 0.160 e. The molecule has 1 N–H and O–H groups in total.